The number of fused-ring (bicyclic) bond motifs is 1. The minimum absolute atomic E-state index is 0.104. The van der Waals surface area contributed by atoms with Crippen LogP contribution in [0, 0.1) is 0 Å². The summed E-state index contributed by atoms with van der Waals surface area (Å²) in [6, 6.07) is 8.21. The van der Waals surface area contributed by atoms with Crippen LogP contribution >= 0.6 is 0 Å². The van der Waals surface area contributed by atoms with Crippen LogP contribution in [0.4, 0.5) is 17.2 Å². The number of nitrogens with one attached hydrogen (secondary N) is 2. The number of benzene rings is 1. The van der Waals surface area contributed by atoms with Crippen LogP contribution in [0.2, 0.25) is 0 Å². The van der Waals surface area contributed by atoms with Crippen LogP contribution < -0.4 is 21.3 Å². The summed E-state index contributed by atoms with van der Waals surface area (Å²) >= 11 is 0. The third-order valence-corrected chi connectivity index (χ3v) is 7.34. The smallest absolute Gasteiger partial charge is 0.254 e. The molecule has 2 atom stereocenters. The van der Waals surface area contributed by atoms with E-state index in [9.17, 15) is 9.90 Å². The van der Waals surface area contributed by atoms with Gasteiger partial charge in [-0.05, 0) is 75.3 Å². The Morgan fingerprint density at radius 2 is 2.17 bits per heavy atom. The molecule has 4 heterocycles. The third-order valence-electron chi connectivity index (χ3n) is 7.34. The average molecular weight is 475 g/mol. The third kappa shape index (κ3) is 4.62. The summed E-state index contributed by atoms with van der Waals surface area (Å²) in [6.45, 7) is 5.92. The number of β-amino-alcohol motifs (C(OH)–C–C–N with tert-alkyl or cyclic N) is 1. The van der Waals surface area contributed by atoms with E-state index < -0.39 is 5.60 Å². The first kappa shape index (κ1) is 23.4. The maximum absolute atomic E-state index is 12.8. The van der Waals surface area contributed by atoms with Crippen molar-refractivity contribution in [3.8, 4) is 0 Å². The number of aliphatic imine (C=N–C) groups is 1. The molecule has 1 aromatic heterocycles. The normalized spacial score (nSPS) is 24.6. The number of nitrogens with two attached hydrogens (primary N) is 1. The summed E-state index contributed by atoms with van der Waals surface area (Å²) in [5.41, 5.74) is 11.5. The van der Waals surface area contributed by atoms with Gasteiger partial charge in [0.1, 0.15) is 5.82 Å². The molecular weight excluding hydrogens is 440 g/mol. The topological polar surface area (TPSA) is 116 Å². The zero-order valence-electron chi connectivity index (χ0n) is 20.5. The van der Waals surface area contributed by atoms with Crippen molar-refractivity contribution in [2.45, 2.75) is 64.1 Å². The lowest BCUT2D eigenvalue weighted by atomic mass is 9.90. The number of pyridine rings is 1. The number of carbonyl (C=O) groups excluding carboxylic acids is 1. The summed E-state index contributed by atoms with van der Waals surface area (Å²) in [7, 11) is 0. The molecule has 0 radical (unpaired) electrons. The maximum Gasteiger partial charge on any atom is 0.254 e. The average Bonchev–Trinajstić information content (AvgIpc) is 3.26. The number of hydrogen-bond acceptors (Lipinski definition) is 7. The molecule has 2 aromatic rings. The first-order valence-corrected chi connectivity index (χ1v) is 12.5. The minimum atomic E-state index is -0.695. The van der Waals surface area contributed by atoms with Gasteiger partial charge in [-0.15, -0.1) is 0 Å². The van der Waals surface area contributed by atoms with Crippen molar-refractivity contribution >= 4 is 34.4 Å². The summed E-state index contributed by atoms with van der Waals surface area (Å²) < 4.78 is 0. The Balaban J connectivity index is 1.41. The SMILES string of the molecule is C[C@@H]1CC[C@@](C)(O)CN1c1ccc(Nc2ccc(C(=CN)C3=NCCCC3)c3c2C(=O)NC3)nc1. The first-order valence-electron chi connectivity index (χ1n) is 12.5. The van der Waals surface area contributed by atoms with Crippen molar-refractivity contribution in [1.29, 1.82) is 0 Å². The molecule has 184 valence electrons. The lowest BCUT2D eigenvalue weighted by Crippen LogP contribution is -2.50. The molecule has 1 fully saturated rings. The zero-order valence-corrected chi connectivity index (χ0v) is 20.5. The molecule has 0 bridgehead atoms. The molecule has 8 nitrogen and oxygen atoms in total. The lowest BCUT2D eigenvalue weighted by Gasteiger charge is -2.42. The van der Waals surface area contributed by atoms with Crippen LogP contribution in [0.5, 0.6) is 0 Å². The van der Waals surface area contributed by atoms with Crippen LogP contribution in [0.1, 0.15) is 67.4 Å². The van der Waals surface area contributed by atoms with Crippen molar-refractivity contribution in [1.82, 2.24) is 10.3 Å². The second-order valence-electron chi connectivity index (χ2n) is 10.1. The van der Waals surface area contributed by atoms with Gasteiger partial charge in [0.05, 0.1) is 28.7 Å². The predicted octanol–water partition coefficient (Wildman–Crippen LogP) is 3.73. The molecule has 8 heteroatoms. The highest BCUT2D eigenvalue weighted by atomic mass is 16.3. The summed E-state index contributed by atoms with van der Waals surface area (Å²) in [4.78, 5) is 24.3. The first-order chi connectivity index (χ1) is 16.9. The summed E-state index contributed by atoms with van der Waals surface area (Å²) in [5.74, 6) is 0.554. The fourth-order valence-electron chi connectivity index (χ4n) is 5.35. The molecule has 0 saturated carbocycles. The van der Waals surface area contributed by atoms with Crippen LogP contribution in [-0.2, 0) is 6.54 Å². The van der Waals surface area contributed by atoms with Gasteiger partial charge in [0, 0.05) is 43.2 Å². The van der Waals surface area contributed by atoms with E-state index in [0.717, 1.165) is 72.4 Å². The Bertz CT molecular complexity index is 1180. The number of anilines is 3. The van der Waals surface area contributed by atoms with E-state index in [-0.39, 0.29) is 5.91 Å². The van der Waals surface area contributed by atoms with Gasteiger partial charge in [-0.2, -0.15) is 0 Å². The summed E-state index contributed by atoms with van der Waals surface area (Å²) in [5, 5.41) is 16.8. The summed E-state index contributed by atoms with van der Waals surface area (Å²) in [6.07, 6.45) is 8.29. The molecule has 0 aliphatic carbocycles. The Labute approximate surface area is 206 Å². The number of piperidine rings is 1. The van der Waals surface area contributed by atoms with Crippen LogP contribution in [0.3, 0.4) is 0 Å². The lowest BCUT2D eigenvalue weighted by molar-refractivity contribution is 0.0378. The fraction of sp³-hybridized carbons (Fsp3) is 0.444. The van der Waals surface area contributed by atoms with E-state index in [2.05, 4.69) is 27.4 Å². The molecule has 1 amide bonds. The zero-order chi connectivity index (χ0) is 24.6. The maximum atomic E-state index is 12.8. The monoisotopic (exact) mass is 474 g/mol. The number of allylic oxidation sites excluding steroid dienone is 1. The molecule has 0 spiro atoms. The molecular formula is C27H34N6O2. The highest BCUT2D eigenvalue weighted by Gasteiger charge is 2.33. The van der Waals surface area contributed by atoms with Gasteiger partial charge in [0.15, 0.2) is 0 Å². The van der Waals surface area contributed by atoms with E-state index in [1.54, 1.807) is 6.20 Å². The van der Waals surface area contributed by atoms with Crippen molar-refractivity contribution < 1.29 is 9.90 Å². The van der Waals surface area contributed by atoms with Gasteiger partial charge < -0.3 is 26.4 Å². The quantitative estimate of drug-likeness (QED) is 0.525. The molecule has 5 rings (SSSR count). The molecule has 5 N–H and O–H groups in total. The number of nitrogens with zero attached hydrogens (tertiary/aromatic N) is 3. The van der Waals surface area contributed by atoms with E-state index >= 15 is 0 Å². The van der Waals surface area contributed by atoms with Crippen molar-refractivity contribution in [3.05, 3.63) is 53.4 Å². The van der Waals surface area contributed by atoms with Crippen molar-refractivity contribution in [3.63, 3.8) is 0 Å². The number of aromatic nitrogens is 1. The van der Waals surface area contributed by atoms with Crippen LogP contribution in [0.25, 0.3) is 5.57 Å². The fourth-order valence-corrected chi connectivity index (χ4v) is 5.35. The molecule has 3 aliphatic heterocycles. The Kier molecular flexibility index (Phi) is 6.23. The molecule has 1 saturated heterocycles. The number of carbonyl (C=O) groups is 1. The Morgan fingerprint density at radius 1 is 1.31 bits per heavy atom. The molecule has 35 heavy (non-hydrogen) atoms. The highest BCUT2D eigenvalue weighted by molar-refractivity contribution is 6.25. The van der Waals surface area contributed by atoms with Gasteiger partial charge in [0.2, 0.25) is 0 Å². The van der Waals surface area contributed by atoms with E-state index in [1.807, 2.05) is 37.4 Å². The van der Waals surface area contributed by atoms with Gasteiger partial charge in [-0.1, -0.05) is 6.07 Å². The highest BCUT2D eigenvalue weighted by Crippen LogP contribution is 2.35. The molecule has 0 unspecified atom stereocenters. The number of aliphatic hydroxyl groups is 1. The minimum Gasteiger partial charge on any atom is -0.404 e. The van der Waals surface area contributed by atoms with E-state index in [4.69, 9.17) is 10.7 Å². The van der Waals surface area contributed by atoms with Crippen LogP contribution in [-0.4, -0.2) is 46.4 Å². The van der Waals surface area contributed by atoms with Crippen molar-refractivity contribution in [2.75, 3.05) is 23.3 Å². The largest absolute Gasteiger partial charge is 0.404 e. The van der Waals surface area contributed by atoms with Gasteiger partial charge >= 0.3 is 0 Å². The number of hydrogen-bond donors (Lipinski definition) is 4. The van der Waals surface area contributed by atoms with E-state index in [0.29, 0.717) is 30.5 Å². The molecule has 3 aliphatic rings. The van der Waals surface area contributed by atoms with Gasteiger partial charge in [0.25, 0.3) is 5.91 Å². The van der Waals surface area contributed by atoms with Crippen LogP contribution in [0.15, 0.2) is 41.7 Å². The van der Waals surface area contributed by atoms with Crippen molar-refractivity contribution in [2.24, 2.45) is 10.7 Å². The predicted molar refractivity (Wildman–Crippen MR) is 140 cm³/mol. The molecule has 1 aromatic carbocycles. The Morgan fingerprint density at radius 3 is 2.89 bits per heavy atom. The Hall–Kier alpha value is -3.39. The van der Waals surface area contributed by atoms with Gasteiger partial charge in [-0.3, -0.25) is 9.79 Å². The van der Waals surface area contributed by atoms with E-state index in [1.165, 1.54) is 0 Å². The second kappa shape index (κ2) is 9.34. The second-order valence-corrected chi connectivity index (χ2v) is 10.1. The van der Waals surface area contributed by atoms with Gasteiger partial charge in [-0.25, -0.2) is 4.98 Å². The number of rotatable bonds is 5. The standard InChI is InChI=1S/C27H34N6O2/c1-17-10-11-27(2,35)16-33(17)18-6-9-24(30-14-18)32-23-8-7-19(21-15-31-26(34)25(21)23)20(13-28)22-5-3-4-12-29-22/h6-9,13-14,17,35H,3-5,10-12,15-16,28H2,1-2H3,(H,30,32)(H,31,34)/t17-,27-/m1/s1. The number of amides is 1.